The largest absolute Gasteiger partial charge is 0.481 e. The third-order valence-electron chi connectivity index (χ3n) is 4.90. The van der Waals surface area contributed by atoms with E-state index in [-0.39, 0.29) is 5.92 Å². The number of carboxylic acid groups (broad SMARTS) is 1. The van der Waals surface area contributed by atoms with Gasteiger partial charge >= 0.3 is 5.97 Å². The predicted octanol–water partition coefficient (Wildman–Crippen LogP) is 4.20. The third-order valence-corrected chi connectivity index (χ3v) is 4.90. The Bertz CT molecular complexity index is 892. The Morgan fingerprint density at radius 2 is 1.97 bits per heavy atom. The number of aliphatic carboxylic acids is 1. The zero-order valence-electron chi connectivity index (χ0n) is 16.6. The number of oxazole rings is 1. The minimum Gasteiger partial charge on any atom is -0.481 e. The summed E-state index contributed by atoms with van der Waals surface area (Å²) < 4.78 is 5.30. The van der Waals surface area contributed by atoms with E-state index in [0.717, 1.165) is 41.1 Å². The van der Waals surface area contributed by atoms with Crippen molar-refractivity contribution in [1.82, 2.24) is 10.3 Å². The summed E-state index contributed by atoms with van der Waals surface area (Å²) in [7, 11) is 1.88. The van der Waals surface area contributed by atoms with Crippen LogP contribution in [0, 0.1) is 5.92 Å². The highest BCUT2D eigenvalue weighted by Crippen LogP contribution is 2.21. The van der Waals surface area contributed by atoms with Gasteiger partial charge in [-0.05, 0) is 68.2 Å². The maximum Gasteiger partial charge on any atom is 0.306 e. The molecule has 0 aliphatic heterocycles. The van der Waals surface area contributed by atoms with Gasteiger partial charge in [-0.25, -0.2) is 4.98 Å². The highest BCUT2D eigenvalue weighted by atomic mass is 16.4. The van der Waals surface area contributed by atoms with E-state index in [1.165, 1.54) is 6.39 Å². The van der Waals surface area contributed by atoms with Crippen molar-refractivity contribution in [3.8, 4) is 11.3 Å². The van der Waals surface area contributed by atoms with Gasteiger partial charge in [-0.2, -0.15) is 0 Å². The zero-order chi connectivity index (χ0) is 20.5. The molecule has 0 saturated carbocycles. The minimum absolute atomic E-state index is 0.352. The van der Waals surface area contributed by atoms with Crippen molar-refractivity contribution in [1.29, 1.82) is 0 Å². The summed E-state index contributed by atoms with van der Waals surface area (Å²) in [6.07, 6.45) is 5.20. The van der Waals surface area contributed by atoms with Gasteiger partial charge in [-0.15, -0.1) is 0 Å². The van der Waals surface area contributed by atoms with Crippen molar-refractivity contribution >= 4 is 11.7 Å². The molecule has 0 saturated heterocycles. The second kappa shape index (κ2) is 10.4. The number of rotatable bonds is 11. The maximum absolute atomic E-state index is 11.6. The first kappa shape index (κ1) is 20.6. The molecule has 1 heterocycles. The lowest BCUT2D eigenvalue weighted by atomic mass is 9.94. The Labute approximate surface area is 171 Å². The summed E-state index contributed by atoms with van der Waals surface area (Å²) in [6.45, 7) is 1.51. The number of hydrogen-bond donors (Lipinski definition) is 3. The topological polar surface area (TPSA) is 87.4 Å². The Kier molecular flexibility index (Phi) is 7.41. The second-order valence-electron chi connectivity index (χ2n) is 7.10. The van der Waals surface area contributed by atoms with Gasteiger partial charge < -0.3 is 20.2 Å². The molecule has 152 valence electrons. The van der Waals surface area contributed by atoms with E-state index >= 15 is 0 Å². The summed E-state index contributed by atoms with van der Waals surface area (Å²) >= 11 is 0. The quantitative estimate of drug-likeness (QED) is 0.423. The van der Waals surface area contributed by atoms with Gasteiger partial charge in [0, 0.05) is 17.8 Å². The first-order valence-corrected chi connectivity index (χ1v) is 9.83. The van der Waals surface area contributed by atoms with Crippen molar-refractivity contribution < 1.29 is 14.3 Å². The summed E-state index contributed by atoms with van der Waals surface area (Å²) in [4.78, 5) is 15.5. The van der Waals surface area contributed by atoms with Crippen LogP contribution in [0.15, 0.2) is 65.5 Å². The molecule has 29 heavy (non-hydrogen) atoms. The number of carboxylic acids is 1. The highest BCUT2D eigenvalue weighted by molar-refractivity contribution is 5.70. The Balaban J connectivity index is 1.57. The molecule has 3 aromatic rings. The van der Waals surface area contributed by atoms with Crippen LogP contribution in [0.4, 0.5) is 5.69 Å². The van der Waals surface area contributed by atoms with E-state index in [1.807, 2.05) is 43.4 Å². The van der Waals surface area contributed by atoms with E-state index in [2.05, 4.69) is 27.8 Å². The van der Waals surface area contributed by atoms with Gasteiger partial charge in [-0.3, -0.25) is 4.79 Å². The summed E-state index contributed by atoms with van der Waals surface area (Å²) in [5, 5.41) is 16.0. The molecule has 0 fully saturated rings. The number of anilines is 1. The second-order valence-corrected chi connectivity index (χ2v) is 7.10. The van der Waals surface area contributed by atoms with Crippen LogP contribution in [0.3, 0.4) is 0 Å². The van der Waals surface area contributed by atoms with Crippen molar-refractivity contribution in [3.63, 3.8) is 0 Å². The molecule has 0 radical (unpaired) electrons. The fourth-order valence-corrected chi connectivity index (χ4v) is 3.30. The van der Waals surface area contributed by atoms with Crippen molar-refractivity contribution in [3.05, 3.63) is 72.2 Å². The molecular formula is C23H27N3O3. The van der Waals surface area contributed by atoms with Crippen LogP contribution in [0.5, 0.6) is 0 Å². The van der Waals surface area contributed by atoms with Crippen LogP contribution in [0.2, 0.25) is 0 Å². The lowest BCUT2D eigenvalue weighted by Crippen LogP contribution is -2.19. The summed E-state index contributed by atoms with van der Waals surface area (Å²) in [5.41, 5.74) is 4.17. The first-order chi connectivity index (χ1) is 14.2. The molecule has 3 rings (SSSR count). The molecule has 6 heteroatoms. The minimum atomic E-state index is -0.725. The van der Waals surface area contributed by atoms with Crippen LogP contribution >= 0.6 is 0 Å². The van der Waals surface area contributed by atoms with Gasteiger partial charge in [-0.1, -0.05) is 24.3 Å². The molecule has 0 aliphatic rings. The van der Waals surface area contributed by atoms with E-state index in [4.69, 9.17) is 4.42 Å². The molecule has 0 spiro atoms. The van der Waals surface area contributed by atoms with Crippen LogP contribution < -0.4 is 10.6 Å². The molecule has 0 amide bonds. The number of hydrogen-bond acceptors (Lipinski definition) is 5. The fourth-order valence-electron chi connectivity index (χ4n) is 3.30. The molecule has 1 atom stereocenters. The van der Waals surface area contributed by atoms with E-state index in [9.17, 15) is 9.90 Å². The molecule has 1 aromatic heterocycles. The monoisotopic (exact) mass is 393 g/mol. The van der Waals surface area contributed by atoms with Crippen LogP contribution in [0.25, 0.3) is 11.3 Å². The molecule has 3 N–H and O–H groups in total. The number of aromatic nitrogens is 1. The fraction of sp³-hybridized carbons (Fsp3) is 0.304. The molecule has 2 aromatic carbocycles. The Morgan fingerprint density at radius 3 is 2.66 bits per heavy atom. The average molecular weight is 393 g/mol. The SMILES string of the molecule is CNCCC[C@H](Cc1cccc(CNc2ccc(-c3cnco3)cc2)c1)C(=O)O. The molecule has 0 bridgehead atoms. The highest BCUT2D eigenvalue weighted by Gasteiger charge is 2.17. The number of carbonyl (C=O) groups is 1. The van der Waals surface area contributed by atoms with E-state index in [0.29, 0.717) is 19.4 Å². The molecule has 6 nitrogen and oxygen atoms in total. The first-order valence-electron chi connectivity index (χ1n) is 9.83. The number of nitrogens with zero attached hydrogens (tertiary/aromatic N) is 1. The van der Waals surface area contributed by atoms with Crippen molar-refractivity contribution in [2.75, 3.05) is 18.9 Å². The Hall–Kier alpha value is -3.12. The van der Waals surface area contributed by atoms with E-state index in [1.54, 1.807) is 6.20 Å². The lowest BCUT2D eigenvalue weighted by molar-refractivity contribution is -0.141. The standard InChI is InChI=1S/C23H27N3O3/c1-24-11-3-6-20(23(27)28)13-17-4-2-5-18(12-17)14-26-21-9-7-19(8-10-21)22-15-25-16-29-22/h2,4-5,7-10,12,15-16,20,24,26H,3,6,11,13-14H2,1H3,(H,27,28)/t20-/m1/s1. The van der Waals surface area contributed by atoms with E-state index < -0.39 is 5.97 Å². The van der Waals surface area contributed by atoms with Crippen molar-refractivity contribution in [2.45, 2.75) is 25.8 Å². The van der Waals surface area contributed by atoms with Crippen LogP contribution in [0.1, 0.15) is 24.0 Å². The van der Waals surface area contributed by atoms with Gasteiger partial charge in [0.25, 0.3) is 0 Å². The zero-order valence-corrected chi connectivity index (χ0v) is 16.6. The lowest BCUT2D eigenvalue weighted by Gasteiger charge is -2.13. The predicted molar refractivity (Wildman–Crippen MR) is 114 cm³/mol. The summed E-state index contributed by atoms with van der Waals surface area (Å²) in [6, 6.07) is 16.1. The smallest absolute Gasteiger partial charge is 0.306 e. The maximum atomic E-state index is 11.6. The number of nitrogens with one attached hydrogen (secondary N) is 2. The van der Waals surface area contributed by atoms with Gasteiger partial charge in [0.1, 0.15) is 0 Å². The third kappa shape index (κ3) is 6.19. The van der Waals surface area contributed by atoms with Crippen LogP contribution in [-0.4, -0.2) is 29.7 Å². The molecule has 0 unspecified atom stereocenters. The molecule has 0 aliphatic carbocycles. The van der Waals surface area contributed by atoms with Gasteiger partial charge in [0.2, 0.25) is 0 Å². The van der Waals surface area contributed by atoms with Crippen LogP contribution in [-0.2, 0) is 17.8 Å². The molecular weight excluding hydrogens is 366 g/mol. The normalized spacial score (nSPS) is 11.9. The van der Waals surface area contributed by atoms with Gasteiger partial charge in [0.15, 0.2) is 12.2 Å². The Morgan fingerprint density at radius 1 is 1.17 bits per heavy atom. The summed E-state index contributed by atoms with van der Waals surface area (Å²) in [5.74, 6) is -0.335. The average Bonchev–Trinajstić information content (AvgIpc) is 3.27. The van der Waals surface area contributed by atoms with Crippen molar-refractivity contribution in [2.24, 2.45) is 5.92 Å². The number of benzene rings is 2. The van der Waals surface area contributed by atoms with Gasteiger partial charge in [0.05, 0.1) is 12.1 Å².